The van der Waals surface area contributed by atoms with Crippen molar-refractivity contribution in [2.75, 3.05) is 7.05 Å². The Labute approximate surface area is 121 Å². The summed E-state index contributed by atoms with van der Waals surface area (Å²) in [5, 5.41) is 9.34. The monoisotopic (exact) mass is 300 g/mol. The van der Waals surface area contributed by atoms with E-state index in [0.29, 0.717) is 10.6 Å². The van der Waals surface area contributed by atoms with E-state index < -0.39 is 10.0 Å². The molecule has 0 spiro atoms. The van der Waals surface area contributed by atoms with Gasteiger partial charge in [-0.2, -0.15) is 4.31 Å². The van der Waals surface area contributed by atoms with Crippen molar-refractivity contribution in [1.82, 2.24) is 8.87 Å². The van der Waals surface area contributed by atoms with E-state index in [1.807, 2.05) is 11.5 Å². The van der Waals surface area contributed by atoms with E-state index in [4.69, 9.17) is 0 Å². The number of hydrogen-bond donors (Lipinski definition) is 1. The first-order valence-corrected chi connectivity index (χ1v) is 8.72. The van der Waals surface area contributed by atoms with Crippen LogP contribution in [0.4, 0.5) is 0 Å². The SMILES string of the molecule is CCCn1cc(S(=O)(=O)N(C)C2CCCC2)cc1CO. The van der Waals surface area contributed by atoms with Crippen molar-refractivity contribution in [2.45, 2.75) is 63.1 Å². The molecule has 0 bridgehead atoms. The van der Waals surface area contributed by atoms with Gasteiger partial charge >= 0.3 is 0 Å². The van der Waals surface area contributed by atoms with Gasteiger partial charge in [0.05, 0.1) is 6.61 Å². The Morgan fingerprint density at radius 2 is 2.05 bits per heavy atom. The van der Waals surface area contributed by atoms with Crippen LogP contribution in [0.3, 0.4) is 0 Å². The van der Waals surface area contributed by atoms with Crippen LogP contribution < -0.4 is 0 Å². The number of sulfonamides is 1. The van der Waals surface area contributed by atoms with Gasteiger partial charge in [-0.05, 0) is 25.3 Å². The fraction of sp³-hybridized carbons (Fsp3) is 0.714. The minimum atomic E-state index is -3.45. The molecule has 1 aromatic heterocycles. The summed E-state index contributed by atoms with van der Waals surface area (Å²) in [6.07, 6.45) is 6.64. The lowest BCUT2D eigenvalue weighted by atomic mass is 10.3. The van der Waals surface area contributed by atoms with Crippen LogP contribution in [-0.2, 0) is 23.2 Å². The Morgan fingerprint density at radius 3 is 2.60 bits per heavy atom. The van der Waals surface area contributed by atoms with E-state index in [2.05, 4.69) is 0 Å². The first kappa shape index (κ1) is 15.5. The Kier molecular flexibility index (Phi) is 4.88. The molecule has 0 aliphatic heterocycles. The van der Waals surface area contributed by atoms with Crippen LogP contribution in [0.25, 0.3) is 0 Å². The topological polar surface area (TPSA) is 62.5 Å². The first-order chi connectivity index (χ1) is 9.50. The summed E-state index contributed by atoms with van der Waals surface area (Å²) in [6, 6.07) is 1.71. The molecule has 1 aliphatic rings. The van der Waals surface area contributed by atoms with Crippen LogP contribution in [0, 0.1) is 0 Å². The summed E-state index contributed by atoms with van der Waals surface area (Å²) in [4.78, 5) is 0.296. The van der Waals surface area contributed by atoms with Crippen molar-refractivity contribution in [3.63, 3.8) is 0 Å². The van der Waals surface area contributed by atoms with Gasteiger partial charge in [-0.15, -0.1) is 0 Å². The maximum atomic E-state index is 12.6. The lowest BCUT2D eigenvalue weighted by Gasteiger charge is -2.22. The van der Waals surface area contributed by atoms with Crippen LogP contribution in [0.1, 0.15) is 44.7 Å². The summed E-state index contributed by atoms with van der Waals surface area (Å²) in [7, 11) is -1.78. The van der Waals surface area contributed by atoms with Gasteiger partial charge in [-0.25, -0.2) is 8.42 Å². The summed E-state index contributed by atoms with van der Waals surface area (Å²) < 4.78 is 28.6. The molecule has 0 atom stereocenters. The zero-order chi connectivity index (χ0) is 14.8. The fourth-order valence-electron chi connectivity index (χ4n) is 2.88. The summed E-state index contributed by atoms with van der Waals surface area (Å²) in [6.45, 7) is 2.61. The van der Waals surface area contributed by atoms with E-state index in [-0.39, 0.29) is 12.6 Å². The van der Waals surface area contributed by atoms with Gasteiger partial charge in [0.1, 0.15) is 4.90 Å². The average molecular weight is 300 g/mol. The minimum absolute atomic E-state index is 0.118. The normalized spacial score (nSPS) is 17.2. The average Bonchev–Trinajstić information content (AvgIpc) is 3.07. The van der Waals surface area contributed by atoms with Crippen LogP contribution in [0.2, 0.25) is 0 Å². The molecule has 0 radical (unpaired) electrons. The van der Waals surface area contributed by atoms with Crippen LogP contribution in [0.5, 0.6) is 0 Å². The van der Waals surface area contributed by atoms with E-state index in [0.717, 1.165) is 38.6 Å². The molecule has 0 aromatic carbocycles. The molecule has 0 amide bonds. The molecule has 5 nitrogen and oxygen atoms in total. The van der Waals surface area contributed by atoms with E-state index in [1.54, 1.807) is 19.3 Å². The zero-order valence-corrected chi connectivity index (χ0v) is 13.1. The maximum absolute atomic E-state index is 12.6. The molecule has 1 aromatic rings. The van der Waals surface area contributed by atoms with Crippen molar-refractivity contribution in [1.29, 1.82) is 0 Å². The van der Waals surface area contributed by atoms with E-state index in [9.17, 15) is 13.5 Å². The molecule has 1 saturated carbocycles. The summed E-state index contributed by atoms with van der Waals surface area (Å²) in [5.41, 5.74) is 0.658. The third-order valence-electron chi connectivity index (χ3n) is 4.10. The number of rotatable bonds is 6. The predicted octanol–water partition coefficient (Wildman–Crippen LogP) is 1.95. The Balaban J connectivity index is 2.28. The standard InChI is InChI=1S/C14H24N2O3S/c1-3-8-16-10-14(9-13(16)11-17)20(18,19)15(2)12-6-4-5-7-12/h9-10,12,17H,3-8,11H2,1-2H3. The molecular formula is C14H24N2O3S. The molecule has 1 fully saturated rings. The summed E-state index contributed by atoms with van der Waals surface area (Å²) >= 11 is 0. The second-order valence-electron chi connectivity index (χ2n) is 5.48. The van der Waals surface area contributed by atoms with Crippen molar-refractivity contribution in [3.05, 3.63) is 18.0 Å². The number of nitrogens with zero attached hydrogens (tertiary/aromatic N) is 2. The van der Waals surface area contributed by atoms with Gasteiger partial charge in [0.15, 0.2) is 0 Å². The molecular weight excluding hydrogens is 276 g/mol. The summed E-state index contributed by atoms with van der Waals surface area (Å²) in [5.74, 6) is 0. The molecule has 6 heteroatoms. The third kappa shape index (κ3) is 2.92. The van der Waals surface area contributed by atoms with E-state index in [1.165, 1.54) is 4.31 Å². The van der Waals surface area contributed by atoms with Crippen molar-refractivity contribution in [3.8, 4) is 0 Å². The van der Waals surface area contributed by atoms with Gasteiger partial charge in [0, 0.05) is 31.5 Å². The van der Waals surface area contributed by atoms with Crippen molar-refractivity contribution < 1.29 is 13.5 Å². The van der Waals surface area contributed by atoms with Gasteiger partial charge in [-0.1, -0.05) is 19.8 Å². The minimum Gasteiger partial charge on any atom is -0.390 e. The molecule has 1 N–H and O–H groups in total. The maximum Gasteiger partial charge on any atom is 0.244 e. The van der Waals surface area contributed by atoms with Gasteiger partial charge < -0.3 is 9.67 Å². The van der Waals surface area contributed by atoms with Crippen LogP contribution in [0.15, 0.2) is 17.2 Å². The smallest absolute Gasteiger partial charge is 0.244 e. The first-order valence-electron chi connectivity index (χ1n) is 7.28. The largest absolute Gasteiger partial charge is 0.390 e. The van der Waals surface area contributed by atoms with Crippen LogP contribution >= 0.6 is 0 Å². The highest BCUT2D eigenvalue weighted by Crippen LogP contribution is 2.28. The van der Waals surface area contributed by atoms with Gasteiger partial charge in [0.25, 0.3) is 0 Å². The van der Waals surface area contributed by atoms with Crippen LogP contribution in [-0.4, -0.2) is 35.5 Å². The molecule has 0 unspecified atom stereocenters. The van der Waals surface area contributed by atoms with Gasteiger partial charge in [-0.3, -0.25) is 0 Å². The molecule has 1 heterocycles. The number of aliphatic hydroxyl groups excluding tert-OH is 1. The Bertz CT molecular complexity index is 545. The molecule has 0 saturated heterocycles. The molecule has 114 valence electrons. The highest BCUT2D eigenvalue weighted by atomic mass is 32.2. The van der Waals surface area contributed by atoms with E-state index >= 15 is 0 Å². The highest BCUT2D eigenvalue weighted by Gasteiger charge is 2.31. The third-order valence-corrected chi connectivity index (χ3v) is 5.98. The molecule has 1 aliphatic carbocycles. The van der Waals surface area contributed by atoms with Crippen molar-refractivity contribution >= 4 is 10.0 Å². The fourth-order valence-corrected chi connectivity index (χ4v) is 4.36. The number of aromatic nitrogens is 1. The van der Waals surface area contributed by atoms with Crippen molar-refractivity contribution in [2.24, 2.45) is 0 Å². The highest BCUT2D eigenvalue weighted by molar-refractivity contribution is 7.89. The number of aliphatic hydroxyl groups is 1. The quantitative estimate of drug-likeness (QED) is 0.873. The second-order valence-corrected chi connectivity index (χ2v) is 7.48. The Hall–Kier alpha value is -0.850. The lowest BCUT2D eigenvalue weighted by molar-refractivity contribution is 0.270. The molecule has 2 rings (SSSR count). The van der Waals surface area contributed by atoms with Gasteiger partial charge in [0.2, 0.25) is 10.0 Å². The lowest BCUT2D eigenvalue weighted by Crippen LogP contribution is -2.35. The zero-order valence-electron chi connectivity index (χ0n) is 12.2. The Morgan fingerprint density at radius 1 is 1.40 bits per heavy atom. The number of hydrogen-bond acceptors (Lipinski definition) is 3. The second kappa shape index (κ2) is 6.28. The number of aryl methyl sites for hydroxylation is 1. The predicted molar refractivity (Wildman–Crippen MR) is 77.9 cm³/mol. The molecule has 20 heavy (non-hydrogen) atoms.